The highest BCUT2D eigenvalue weighted by molar-refractivity contribution is 7.22. The van der Waals surface area contributed by atoms with Crippen LogP contribution in [0.3, 0.4) is 0 Å². The van der Waals surface area contributed by atoms with E-state index in [9.17, 15) is 4.79 Å². The summed E-state index contributed by atoms with van der Waals surface area (Å²) < 4.78 is 11.7. The zero-order chi connectivity index (χ0) is 14.8. The number of ether oxygens (including phenoxy) is 2. The van der Waals surface area contributed by atoms with Crippen molar-refractivity contribution in [2.45, 2.75) is 25.0 Å². The third kappa shape index (κ3) is 2.99. The Morgan fingerprint density at radius 2 is 2.43 bits per heavy atom. The van der Waals surface area contributed by atoms with Gasteiger partial charge in [0.25, 0.3) is 5.91 Å². The number of thiazole rings is 1. The highest BCUT2D eigenvalue weighted by Gasteiger charge is 2.30. The predicted molar refractivity (Wildman–Crippen MR) is 81.8 cm³/mol. The monoisotopic (exact) mass is 307 g/mol. The molecular weight excluding hydrogens is 290 g/mol. The van der Waals surface area contributed by atoms with Crippen molar-refractivity contribution in [3.05, 3.63) is 18.2 Å². The second-order valence-electron chi connectivity index (χ2n) is 4.90. The third-order valence-electron chi connectivity index (χ3n) is 3.49. The molecule has 0 radical (unpaired) electrons. The number of nitrogens with one attached hydrogen (secondary N) is 1. The van der Waals surface area contributed by atoms with E-state index in [0.29, 0.717) is 18.1 Å². The summed E-state index contributed by atoms with van der Waals surface area (Å²) in [6, 6.07) is 5.62. The Morgan fingerprint density at radius 3 is 3.14 bits per heavy atom. The number of rotatable bonds is 4. The fraction of sp³-hybridized carbons (Fsp3) is 0.429. The van der Waals surface area contributed by atoms with Gasteiger partial charge in [-0.25, -0.2) is 4.98 Å². The Bertz CT molecular complexity index is 658. The summed E-state index contributed by atoms with van der Waals surface area (Å²) in [5, 5.41) is 3.39. The summed E-state index contributed by atoms with van der Waals surface area (Å²) in [5.74, 6) is 0.617. The standard InChI is InChI=1S/C14H17N3O3S/c1-19-8-2-4-10-12(6-8)21-14(16-10)17-13(18)11-5-3-9(7-15)20-11/h2,4,6,9,11H,3,5,7,15H2,1H3,(H,16,17,18). The molecule has 2 aromatic rings. The van der Waals surface area contributed by atoms with E-state index < -0.39 is 6.10 Å². The highest BCUT2D eigenvalue weighted by Crippen LogP contribution is 2.29. The number of carbonyl (C=O) groups excluding carboxylic acids is 1. The number of carbonyl (C=O) groups is 1. The highest BCUT2D eigenvalue weighted by atomic mass is 32.1. The lowest BCUT2D eigenvalue weighted by Gasteiger charge is -2.10. The topological polar surface area (TPSA) is 86.5 Å². The van der Waals surface area contributed by atoms with Crippen molar-refractivity contribution in [1.29, 1.82) is 0 Å². The molecule has 2 atom stereocenters. The number of benzene rings is 1. The number of nitrogens with zero attached hydrogens (tertiary/aromatic N) is 1. The van der Waals surface area contributed by atoms with Gasteiger partial charge in [-0.2, -0.15) is 0 Å². The van der Waals surface area contributed by atoms with Crippen molar-refractivity contribution in [2.75, 3.05) is 19.0 Å². The van der Waals surface area contributed by atoms with Crippen LogP contribution in [0.1, 0.15) is 12.8 Å². The summed E-state index contributed by atoms with van der Waals surface area (Å²) in [7, 11) is 1.62. The average molecular weight is 307 g/mol. The average Bonchev–Trinajstić information content (AvgIpc) is 3.12. The minimum Gasteiger partial charge on any atom is -0.497 e. The van der Waals surface area contributed by atoms with Gasteiger partial charge in [0.05, 0.1) is 23.4 Å². The van der Waals surface area contributed by atoms with Crippen molar-refractivity contribution in [3.63, 3.8) is 0 Å². The molecule has 1 fully saturated rings. The lowest BCUT2D eigenvalue weighted by atomic mass is 10.2. The number of amides is 1. The molecule has 3 N–H and O–H groups in total. The van der Waals surface area contributed by atoms with E-state index in [0.717, 1.165) is 22.4 Å². The maximum atomic E-state index is 12.1. The van der Waals surface area contributed by atoms with Gasteiger partial charge in [-0.15, -0.1) is 0 Å². The van der Waals surface area contributed by atoms with Crippen LogP contribution in [0.25, 0.3) is 10.2 Å². The van der Waals surface area contributed by atoms with Crippen LogP contribution in [0.4, 0.5) is 5.13 Å². The smallest absolute Gasteiger partial charge is 0.255 e. The molecule has 1 amide bonds. The zero-order valence-corrected chi connectivity index (χ0v) is 12.5. The fourth-order valence-corrected chi connectivity index (χ4v) is 3.24. The summed E-state index contributed by atoms with van der Waals surface area (Å²) in [6.45, 7) is 0.449. The van der Waals surface area contributed by atoms with Crippen LogP contribution in [0.2, 0.25) is 0 Å². The Hall–Kier alpha value is -1.70. The molecule has 2 heterocycles. The first-order chi connectivity index (χ1) is 10.2. The van der Waals surface area contributed by atoms with Crippen molar-refractivity contribution in [1.82, 2.24) is 4.98 Å². The van der Waals surface area contributed by atoms with Crippen LogP contribution < -0.4 is 15.8 Å². The Morgan fingerprint density at radius 1 is 1.57 bits per heavy atom. The van der Waals surface area contributed by atoms with Gasteiger partial charge in [-0.05, 0) is 31.0 Å². The van der Waals surface area contributed by atoms with E-state index in [4.69, 9.17) is 15.2 Å². The normalized spacial score (nSPS) is 21.6. The minimum atomic E-state index is -0.430. The molecule has 1 aliphatic rings. The second-order valence-corrected chi connectivity index (χ2v) is 5.93. The van der Waals surface area contributed by atoms with E-state index in [-0.39, 0.29) is 12.0 Å². The quantitative estimate of drug-likeness (QED) is 0.898. The molecule has 21 heavy (non-hydrogen) atoms. The van der Waals surface area contributed by atoms with Gasteiger partial charge in [0.2, 0.25) is 0 Å². The third-order valence-corrected chi connectivity index (χ3v) is 4.42. The predicted octanol–water partition coefficient (Wildman–Crippen LogP) is 1.75. The van der Waals surface area contributed by atoms with Crippen LogP contribution in [0, 0.1) is 0 Å². The first kappa shape index (κ1) is 14.2. The number of hydrogen-bond donors (Lipinski definition) is 2. The Kier molecular flexibility index (Phi) is 4.05. The van der Waals surface area contributed by atoms with Crippen molar-refractivity contribution < 1.29 is 14.3 Å². The molecule has 2 unspecified atom stereocenters. The van der Waals surface area contributed by atoms with Gasteiger partial charge in [-0.1, -0.05) is 11.3 Å². The van der Waals surface area contributed by atoms with Gasteiger partial charge in [0.1, 0.15) is 11.9 Å². The number of hydrogen-bond acceptors (Lipinski definition) is 6. The SMILES string of the molecule is COc1ccc2nc(NC(=O)C3CCC(CN)O3)sc2c1. The molecule has 7 heteroatoms. The molecule has 1 aromatic carbocycles. The molecule has 6 nitrogen and oxygen atoms in total. The van der Waals surface area contributed by atoms with Crippen molar-refractivity contribution >= 4 is 32.6 Å². The van der Waals surface area contributed by atoms with E-state index in [1.807, 2.05) is 18.2 Å². The van der Waals surface area contributed by atoms with E-state index >= 15 is 0 Å². The molecular formula is C14H17N3O3S. The van der Waals surface area contributed by atoms with Crippen LogP contribution in [-0.2, 0) is 9.53 Å². The van der Waals surface area contributed by atoms with Crippen molar-refractivity contribution in [3.8, 4) is 5.75 Å². The lowest BCUT2D eigenvalue weighted by Crippen LogP contribution is -2.29. The Balaban J connectivity index is 1.71. The summed E-state index contributed by atoms with van der Waals surface area (Å²) >= 11 is 1.42. The second kappa shape index (κ2) is 5.97. The Labute approximate surface area is 126 Å². The maximum Gasteiger partial charge on any atom is 0.255 e. The zero-order valence-electron chi connectivity index (χ0n) is 11.7. The van der Waals surface area contributed by atoms with E-state index in [1.54, 1.807) is 7.11 Å². The lowest BCUT2D eigenvalue weighted by molar-refractivity contribution is -0.126. The largest absolute Gasteiger partial charge is 0.497 e. The molecule has 0 aliphatic carbocycles. The molecule has 1 saturated heterocycles. The number of fused-ring (bicyclic) bond motifs is 1. The number of nitrogens with two attached hydrogens (primary N) is 1. The maximum absolute atomic E-state index is 12.1. The molecule has 0 bridgehead atoms. The molecule has 1 aromatic heterocycles. The van der Waals surface area contributed by atoms with Crippen LogP contribution >= 0.6 is 11.3 Å². The van der Waals surface area contributed by atoms with Gasteiger partial charge >= 0.3 is 0 Å². The first-order valence-corrected chi connectivity index (χ1v) is 7.62. The van der Waals surface area contributed by atoms with Crippen LogP contribution in [0.5, 0.6) is 5.75 Å². The summed E-state index contributed by atoms with van der Waals surface area (Å²) in [4.78, 5) is 16.5. The fourth-order valence-electron chi connectivity index (χ4n) is 2.34. The molecule has 1 aliphatic heterocycles. The van der Waals surface area contributed by atoms with Gasteiger partial charge in [0.15, 0.2) is 5.13 Å². The first-order valence-electron chi connectivity index (χ1n) is 6.80. The number of methoxy groups -OCH3 is 1. The summed E-state index contributed by atoms with van der Waals surface area (Å²) in [5.41, 5.74) is 6.38. The van der Waals surface area contributed by atoms with Crippen LogP contribution in [0.15, 0.2) is 18.2 Å². The molecule has 3 rings (SSSR count). The molecule has 0 saturated carbocycles. The van der Waals surface area contributed by atoms with Crippen LogP contribution in [-0.4, -0.2) is 36.8 Å². The van der Waals surface area contributed by atoms with Gasteiger partial charge in [0, 0.05) is 6.54 Å². The minimum absolute atomic E-state index is 0.0135. The molecule has 112 valence electrons. The number of anilines is 1. The molecule has 0 spiro atoms. The van der Waals surface area contributed by atoms with E-state index in [2.05, 4.69) is 10.3 Å². The number of aromatic nitrogens is 1. The summed E-state index contributed by atoms with van der Waals surface area (Å²) in [6.07, 6.45) is 1.08. The van der Waals surface area contributed by atoms with Gasteiger partial charge in [-0.3, -0.25) is 10.1 Å². The van der Waals surface area contributed by atoms with Crippen molar-refractivity contribution in [2.24, 2.45) is 5.73 Å². The van der Waals surface area contributed by atoms with E-state index in [1.165, 1.54) is 11.3 Å². The van der Waals surface area contributed by atoms with Gasteiger partial charge < -0.3 is 15.2 Å².